The molecule has 1 fully saturated rings. The zero-order valence-corrected chi connectivity index (χ0v) is 16.3. The average molecular weight is 385 g/mol. The number of thioether (sulfide) groups is 1. The molecule has 1 aromatic carbocycles. The number of aromatic nitrogens is 4. The molecule has 1 aromatic heterocycles. The number of amides is 1. The number of tetrazole rings is 1. The third-order valence-corrected chi connectivity index (χ3v) is 5.74. The quantitative estimate of drug-likeness (QED) is 0.703. The highest BCUT2D eigenvalue weighted by Gasteiger charge is 2.35. The van der Waals surface area contributed by atoms with Gasteiger partial charge in [0.05, 0.1) is 17.5 Å². The molecule has 0 radical (unpaired) electrons. The maximum atomic E-state index is 12.3. The lowest BCUT2D eigenvalue weighted by molar-refractivity contribution is -0.119. The van der Waals surface area contributed by atoms with Gasteiger partial charge in [0, 0.05) is 0 Å². The number of hydrogen-bond acceptors (Lipinski definition) is 6. The van der Waals surface area contributed by atoms with Gasteiger partial charge in [-0.2, -0.15) is 9.94 Å². The molecule has 0 bridgehead atoms. The van der Waals surface area contributed by atoms with Crippen molar-refractivity contribution in [2.45, 2.75) is 62.6 Å². The van der Waals surface area contributed by atoms with Crippen LogP contribution in [0, 0.1) is 11.3 Å². The molecule has 3 rings (SSSR count). The zero-order chi connectivity index (χ0) is 19.1. The normalized spacial score (nSPS) is 15.4. The van der Waals surface area contributed by atoms with Gasteiger partial charge in [-0.05, 0) is 66.6 Å². The first-order valence-electron chi connectivity index (χ1n) is 9.38. The molecule has 2 aromatic rings. The topological polar surface area (TPSA) is 96.5 Å². The molecule has 0 aliphatic heterocycles. The highest BCUT2D eigenvalue weighted by Crippen LogP contribution is 2.29. The van der Waals surface area contributed by atoms with E-state index in [4.69, 9.17) is 0 Å². The third-order valence-electron chi connectivity index (χ3n) is 4.82. The van der Waals surface area contributed by atoms with Gasteiger partial charge in [-0.15, -0.1) is 5.10 Å². The molecule has 1 amide bonds. The number of nitrogens with one attached hydrogen (secondary N) is 1. The number of benzene rings is 1. The molecule has 1 N–H and O–H groups in total. The minimum Gasteiger partial charge on any atom is -0.337 e. The zero-order valence-electron chi connectivity index (χ0n) is 15.5. The van der Waals surface area contributed by atoms with Crippen LogP contribution in [0.25, 0.3) is 5.69 Å². The number of carbonyl (C=O) groups excluding carboxylic acids is 1. The van der Waals surface area contributed by atoms with Crippen molar-refractivity contribution in [3.05, 3.63) is 29.8 Å². The first-order chi connectivity index (χ1) is 13.2. The van der Waals surface area contributed by atoms with Crippen molar-refractivity contribution in [3.63, 3.8) is 0 Å². The van der Waals surface area contributed by atoms with E-state index in [1.54, 1.807) is 4.68 Å². The summed E-state index contributed by atoms with van der Waals surface area (Å²) in [6.07, 6.45) is 6.81. The van der Waals surface area contributed by atoms with Gasteiger partial charge in [0.1, 0.15) is 5.54 Å². The molecule has 7 nitrogen and oxygen atoms in total. The van der Waals surface area contributed by atoms with Gasteiger partial charge in [-0.25, -0.2) is 0 Å². The number of rotatable bonds is 8. The van der Waals surface area contributed by atoms with Crippen LogP contribution in [0.1, 0.15) is 51.0 Å². The third kappa shape index (κ3) is 4.86. The monoisotopic (exact) mass is 384 g/mol. The Morgan fingerprint density at radius 1 is 1.33 bits per heavy atom. The molecule has 0 spiro atoms. The van der Waals surface area contributed by atoms with Crippen molar-refractivity contribution in [3.8, 4) is 11.8 Å². The average Bonchev–Trinajstić information content (AvgIpc) is 3.35. The van der Waals surface area contributed by atoms with E-state index in [0.717, 1.165) is 37.8 Å². The fourth-order valence-electron chi connectivity index (χ4n) is 3.29. The molecule has 1 heterocycles. The Hall–Kier alpha value is -2.40. The van der Waals surface area contributed by atoms with Crippen LogP contribution in [-0.4, -0.2) is 37.4 Å². The van der Waals surface area contributed by atoms with Crippen molar-refractivity contribution in [1.29, 1.82) is 5.26 Å². The summed E-state index contributed by atoms with van der Waals surface area (Å²) in [5, 5.41) is 24.6. The van der Waals surface area contributed by atoms with Crippen molar-refractivity contribution < 1.29 is 4.79 Å². The van der Waals surface area contributed by atoms with Crippen LogP contribution in [-0.2, 0) is 11.2 Å². The molecule has 0 atom stereocenters. The number of hydrogen-bond donors (Lipinski definition) is 1. The van der Waals surface area contributed by atoms with Gasteiger partial charge in [0.25, 0.3) is 0 Å². The van der Waals surface area contributed by atoms with Gasteiger partial charge in [-0.1, -0.05) is 37.2 Å². The largest absolute Gasteiger partial charge is 0.337 e. The summed E-state index contributed by atoms with van der Waals surface area (Å²) in [7, 11) is 0. The van der Waals surface area contributed by atoms with Crippen molar-refractivity contribution in [1.82, 2.24) is 25.5 Å². The molecule has 0 unspecified atom stereocenters. The molecule has 1 aliphatic rings. The summed E-state index contributed by atoms with van der Waals surface area (Å²) in [4.78, 5) is 12.3. The maximum Gasteiger partial charge on any atom is 0.231 e. The van der Waals surface area contributed by atoms with Crippen LogP contribution in [0.3, 0.4) is 0 Å². The second-order valence-corrected chi connectivity index (χ2v) is 7.82. The second kappa shape index (κ2) is 9.00. The molecule has 142 valence electrons. The van der Waals surface area contributed by atoms with E-state index in [2.05, 4.69) is 46.0 Å². The standard InChI is InChI=1S/C19H24N6OS/c1-2-3-6-15-7-9-16(10-8-15)25-18(22-23-24-25)27-13-17(26)21-19(14-20)11-4-5-12-19/h7-10H,2-6,11-13H2,1H3,(H,21,26). The molecule has 1 aliphatic carbocycles. The summed E-state index contributed by atoms with van der Waals surface area (Å²) in [6, 6.07) is 10.4. The summed E-state index contributed by atoms with van der Waals surface area (Å²) in [5.74, 6) is 0.0196. The van der Waals surface area contributed by atoms with Crippen LogP contribution < -0.4 is 5.32 Å². The number of unbranched alkanes of at least 4 members (excludes halogenated alkanes) is 1. The van der Waals surface area contributed by atoms with E-state index in [1.165, 1.54) is 30.2 Å². The predicted molar refractivity (Wildman–Crippen MR) is 103 cm³/mol. The lowest BCUT2D eigenvalue weighted by Gasteiger charge is -2.21. The Morgan fingerprint density at radius 3 is 2.74 bits per heavy atom. The Labute approximate surface area is 163 Å². The van der Waals surface area contributed by atoms with Crippen LogP contribution in [0.2, 0.25) is 0 Å². The van der Waals surface area contributed by atoms with Crippen molar-refractivity contribution in [2.24, 2.45) is 0 Å². The Kier molecular flexibility index (Phi) is 6.45. The van der Waals surface area contributed by atoms with Crippen LogP contribution in [0.5, 0.6) is 0 Å². The van der Waals surface area contributed by atoms with E-state index < -0.39 is 5.54 Å². The minimum absolute atomic E-state index is 0.159. The fourth-order valence-corrected chi connectivity index (χ4v) is 3.98. The second-order valence-electron chi connectivity index (χ2n) is 6.88. The Morgan fingerprint density at radius 2 is 2.07 bits per heavy atom. The number of nitriles is 1. The number of nitrogens with zero attached hydrogens (tertiary/aromatic N) is 5. The summed E-state index contributed by atoms with van der Waals surface area (Å²) in [5.41, 5.74) is 1.46. The highest BCUT2D eigenvalue weighted by molar-refractivity contribution is 7.99. The maximum absolute atomic E-state index is 12.3. The minimum atomic E-state index is -0.697. The molecular formula is C19H24N6OS. The van der Waals surface area contributed by atoms with Gasteiger partial charge in [-0.3, -0.25) is 4.79 Å². The van der Waals surface area contributed by atoms with Crippen LogP contribution in [0.4, 0.5) is 0 Å². The van der Waals surface area contributed by atoms with E-state index >= 15 is 0 Å². The van der Waals surface area contributed by atoms with E-state index in [1.807, 2.05) is 12.1 Å². The SMILES string of the molecule is CCCCc1ccc(-n2nnnc2SCC(=O)NC2(C#N)CCCC2)cc1. The van der Waals surface area contributed by atoms with Gasteiger partial charge >= 0.3 is 0 Å². The Balaban J connectivity index is 1.60. The Bertz CT molecular complexity index is 804. The van der Waals surface area contributed by atoms with Gasteiger partial charge in [0.2, 0.25) is 11.1 Å². The van der Waals surface area contributed by atoms with Crippen LogP contribution >= 0.6 is 11.8 Å². The smallest absolute Gasteiger partial charge is 0.231 e. The van der Waals surface area contributed by atoms with Crippen molar-refractivity contribution >= 4 is 17.7 Å². The molecule has 8 heteroatoms. The predicted octanol–water partition coefficient (Wildman–Crippen LogP) is 3.05. The van der Waals surface area contributed by atoms with E-state index in [-0.39, 0.29) is 11.7 Å². The molecule has 1 saturated carbocycles. The van der Waals surface area contributed by atoms with Crippen molar-refractivity contribution in [2.75, 3.05) is 5.75 Å². The fraction of sp³-hybridized carbons (Fsp3) is 0.526. The highest BCUT2D eigenvalue weighted by atomic mass is 32.2. The first kappa shape index (κ1) is 19.4. The van der Waals surface area contributed by atoms with E-state index in [9.17, 15) is 10.1 Å². The molecule has 0 saturated heterocycles. The van der Waals surface area contributed by atoms with Crippen LogP contribution in [0.15, 0.2) is 29.4 Å². The first-order valence-corrected chi connectivity index (χ1v) is 10.4. The summed E-state index contributed by atoms with van der Waals surface area (Å²) in [6.45, 7) is 2.18. The lowest BCUT2D eigenvalue weighted by Crippen LogP contribution is -2.45. The summed E-state index contributed by atoms with van der Waals surface area (Å²) >= 11 is 1.27. The number of carbonyl (C=O) groups is 1. The number of aryl methyl sites for hydroxylation is 1. The van der Waals surface area contributed by atoms with E-state index in [0.29, 0.717) is 5.16 Å². The van der Waals surface area contributed by atoms with Gasteiger partial charge < -0.3 is 5.32 Å². The lowest BCUT2D eigenvalue weighted by atomic mass is 10.0. The summed E-state index contributed by atoms with van der Waals surface area (Å²) < 4.78 is 1.64. The molecular weight excluding hydrogens is 360 g/mol. The molecule has 27 heavy (non-hydrogen) atoms. The van der Waals surface area contributed by atoms with Gasteiger partial charge in [0.15, 0.2) is 0 Å².